The number of aromatic nitrogens is 2. The van der Waals surface area contributed by atoms with E-state index in [0.29, 0.717) is 24.5 Å². The molecular formula is C46H49N4O12PS. The monoisotopic (exact) mass is 912 g/mol. The molecule has 5 aromatic rings. The lowest BCUT2D eigenvalue weighted by Crippen LogP contribution is -2.42. The summed E-state index contributed by atoms with van der Waals surface area (Å²) in [6.45, 7) is 2.92. The van der Waals surface area contributed by atoms with E-state index in [-0.39, 0.29) is 29.1 Å². The minimum Gasteiger partial charge on any atom is -0.497 e. The Hall–Kier alpha value is -5.52. The number of fused-ring (bicyclic) bond motifs is 1. The molecule has 4 aromatic carbocycles. The van der Waals surface area contributed by atoms with E-state index in [2.05, 4.69) is 10.3 Å². The van der Waals surface area contributed by atoms with E-state index in [1.165, 1.54) is 30.7 Å². The summed E-state index contributed by atoms with van der Waals surface area (Å²) in [5.41, 5.74) is 0.167. The molecular weight excluding hydrogens is 864 g/mol. The largest absolute Gasteiger partial charge is 0.497 e. The molecule has 1 N–H and O–H groups in total. The Balaban J connectivity index is 1.20. The lowest BCUT2D eigenvalue weighted by Gasteiger charge is -2.37. The van der Waals surface area contributed by atoms with Gasteiger partial charge >= 0.3 is 11.7 Å². The molecule has 336 valence electrons. The Labute approximate surface area is 372 Å². The Bertz CT molecular complexity index is 2540. The van der Waals surface area contributed by atoms with Crippen molar-refractivity contribution < 1.29 is 50.7 Å². The fourth-order valence-electron chi connectivity index (χ4n) is 8.52. The van der Waals surface area contributed by atoms with Gasteiger partial charge < -0.3 is 38.0 Å². The van der Waals surface area contributed by atoms with Gasteiger partial charge in [-0.15, -0.1) is 0 Å². The summed E-state index contributed by atoms with van der Waals surface area (Å²) in [4.78, 5) is 42.8. The summed E-state index contributed by atoms with van der Waals surface area (Å²) in [5.74, 6) is -0.0694. The van der Waals surface area contributed by atoms with Crippen molar-refractivity contribution >= 4 is 36.1 Å². The lowest BCUT2D eigenvalue weighted by molar-refractivity contribution is -0.155. The van der Waals surface area contributed by atoms with Crippen LogP contribution in [0.2, 0.25) is 0 Å². The van der Waals surface area contributed by atoms with Gasteiger partial charge in [-0.05, 0) is 72.0 Å². The maximum atomic E-state index is 13.7. The zero-order valence-corrected chi connectivity index (χ0v) is 37.4. The number of esters is 1. The molecule has 3 fully saturated rings. The Morgan fingerprint density at radius 3 is 2.02 bits per heavy atom. The number of benzene rings is 4. The van der Waals surface area contributed by atoms with Gasteiger partial charge in [0, 0.05) is 32.6 Å². The zero-order chi connectivity index (χ0) is 45.0. The van der Waals surface area contributed by atoms with Crippen LogP contribution in [0.5, 0.6) is 11.5 Å². The molecule has 0 bridgehead atoms. The van der Waals surface area contributed by atoms with Crippen LogP contribution in [0.4, 0.5) is 5.82 Å². The molecule has 18 heteroatoms. The van der Waals surface area contributed by atoms with Gasteiger partial charge in [0.25, 0.3) is 8.53 Å². The van der Waals surface area contributed by atoms with Crippen molar-refractivity contribution in [3.63, 3.8) is 0 Å². The van der Waals surface area contributed by atoms with E-state index < -0.39 is 72.2 Å². The molecule has 0 radical (unpaired) electrons. The average Bonchev–Trinajstić information content (AvgIpc) is 4.00. The summed E-state index contributed by atoms with van der Waals surface area (Å²) in [6.07, 6.45) is -2.58. The third-order valence-corrected chi connectivity index (χ3v) is 15.0. The molecule has 0 aliphatic carbocycles. The number of rotatable bonds is 16. The summed E-state index contributed by atoms with van der Waals surface area (Å²) in [6, 6.07) is 34.1. The minimum atomic E-state index is -3.74. The van der Waals surface area contributed by atoms with Crippen LogP contribution < -0.4 is 20.5 Å². The van der Waals surface area contributed by atoms with E-state index in [9.17, 15) is 22.8 Å². The number of nitrogens with zero attached hydrogens (tertiary/aromatic N) is 3. The predicted octanol–water partition coefficient (Wildman–Crippen LogP) is 6.01. The van der Waals surface area contributed by atoms with Crippen molar-refractivity contribution in [1.29, 1.82) is 0 Å². The number of hydrogen-bond acceptors (Lipinski definition) is 14. The summed E-state index contributed by atoms with van der Waals surface area (Å²) in [7, 11) is -2.53. The van der Waals surface area contributed by atoms with Gasteiger partial charge in [-0.1, -0.05) is 72.8 Å². The van der Waals surface area contributed by atoms with Gasteiger partial charge in [-0.25, -0.2) is 17.9 Å². The normalized spacial score (nSPS) is 23.3. The van der Waals surface area contributed by atoms with Crippen LogP contribution >= 0.6 is 8.53 Å². The third kappa shape index (κ3) is 9.33. The quantitative estimate of drug-likeness (QED) is 0.0691. The highest BCUT2D eigenvalue weighted by atomic mass is 32.2. The van der Waals surface area contributed by atoms with E-state index in [4.69, 9.17) is 32.7 Å². The fourth-order valence-corrected chi connectivity index (χ4v) is 12.1. The van der Waals surface area contributed by atoms with Gasteiger partial charge in [-0.3, -0.25) is 14.2 Å². The van der Waals surface area contributed by atoms with Gasteiger partial charge in [-0.2, -0.15) is 4.98 Å². The van der Waals surface area contributed by atoms with Gasteiger partial charge in [0.15, 0.2) is 22.2 Å². The SMILES string of the molecule is COc1ccc(C(OC[C@H]2O[C@@H](n3ccc(NC(C)=O)nc3=O)[C@@H](OC(C)=O)[C@@H]2O[P@]2O[C@H](CS(=O)(=O)c3ccccc3)[C@@H]3CCCN32)(c2ccccc2)c2ccc(OC)cc2)cc1. The zero-order valence-electron chi connectivity index (χ0n) is 35.6. The van der Waals surface area contributed by atoms with Crippen LogP contribution in [0.25, 0.3) is 0 Å². The molecule has 0 saturated carbocycles. The molecule has 0 unspecified atom stereocenters. The summed E-state index contributed by atoms with van der Waals surface area (Å²) in [5, 5.41) is 2.51. The van der Waals surface area contributed by atoms with E-state index in [0.717, 1.165) is 23.1 Å². The first kappa shape index (κ1) is 45.1. The lowest BCUT2D eigenvalue weighted by atomic mass is 9.80. The summed E-state index contributed by atoms with van der Waals surface area (Å²) < 4.78 is 75.1. The second-order valence-electron chi connectivity index (χ2n) is 15.6. The number of anilines is 1. The average molecular weight is 913 g/mol. The standard InChI is InChI=1S/C46H49N4O12PS/c1-30(51)47-41-25-27-49(45(53)48-41)44-43(59-31(2)52)42(62-63-50-26-11-16-38(50)40(61-63)29-64(54,55)37-14-9-6-10-15-37)39(60-44)28-58-46(32-12-7-5-8-13-32,33-17-21-35(56-3)22-18-33)34-19-23-36(57-4)24-20-34/h5-10,12-15,17-25,27,38-40,42-44H,11,16,26,28-29H2,1-4H3,(H,47,48,51,53)/t38-,39+,40+,42+,43-,44+,63-/m0/s1. The van der Waals surface area contributed by atoms with Crippen molar-refractivity contribution in [1.82, 2.24) is 14.2 Å². The molecule has 3 saturated heterocycles. The maximum absolute atomic E-state index is 13.7. The highest BCUT2D eigenvalue weighted by molar-refractivity contribution is 7.91. The van der Waals surface area contributed by atoms with Crippen molar-refractivity contribution in [3.8, 4) is 11.5 Å². The van der Waals surface area contributed by atoms with Gasteiger partial charge in [0.05, 0.1) is 37.6 Å². The fraction of sp³-hybridized carbons (Fsp3) is 0.348. The second kappa shape index (κ2) is 19.3. The maximum Gasteiger partial charge on any atom is 0.351 e. The van der Waals surface area contributed by atoms with Crippen LogP contribution in [0.1, 0.15) is 49.6 Å². The molecule has 7 atom stereocenters. The number of ether oxygens (including phenoxy) is 5. The van der Waals surface area contributed by atoms with Crippen LogP contribution in [-0.2, 0) is 48.3 Å². The summed E-state index contributed by atoms with van der Waals surface area (Å²) >= 11 is 0. The van der Waals surface area contributed by atoms with Crippen molar-refractivity contribution in [2.45, 2.75) is 73.9 Å². The van der Waals surface area contributed by atoms with Crippen LogP contribution in [-0.4, -0.2) is 98.1 Å². The predicted molar refractivity (Wildman–Crippen MR) is 235 cm³/mol. The number of hydrogen-bond donors (Lipinski definition) is 1. The number of methoxy groups -OCH3 is 2. The van der Waals surface area contributed by atoms with Gasteiger partial charge in [0.2, 0.25) is 5.91 Å². The van der Waals surface area contributed by atoms with Crippen LogP contribution in [0.15, 0.2) is 131 Å². The van der Waals surface area contributed by atoms with E-state index in [1.807, 2.05) is 83.5 Å². The molecule has 8 rings (SSSR count). The number of carbonyl (C=O) groups excluding carboxylic acids is 2. The second-order valence-corrected chi connectivity index (χ2v) is 19.0. The van der Waals surface area contributed by atoms with Gasteiger partial charge in [0.1, 0.15) is 35.1 Å². The van der Waals surface area contributed by atoms with Crippen LogP contribution in [0, 0.1) is 0 Å². The Morgan fingerprint density at radius 1 is 0.828 bits per heavy atom. The molecule has 1 amide bonds. The molecule has 16 nitrogen and oxygen atoms in total. The third-order valence-electron chi connectivity index (χ3n) is 11.5. The van der Waals surface area contributed by atoms with Crippen LogP contribution in [0.3, 0.4) is 0 Å². The first-order chi connectivity index (χ1) is 30.9. The highest BCUT2D eigenvalue weighted by Gasteiger charge is 2.55. The molecule has 1 aromatic heterocycles. The molecule has 64 heavy (non-hydrogen) atoms. The number of amides is 1. The van der Waals surface area contributed by atoms with E-state index in [1.54, 1.807) is 44.6 Å². The number of nitrogens with one attached hydrogen (secondary N) is 1. The molecule has 3 aliphatic heterocycles. The van der Waals surface area contributed by atoms with Crippen molar-refractivity contribution in [2.75, 3.05) is 38.4 Å². The molecule has 0 spiro atoms. The first-order valence-corrected chi connectivity index (χ1v) is 23.5. The van der Waals surface area contributed by atoms with Crippen molar-refractivity contribution in [2.24, 2.45) is 0 Å². The smallest absolute Gasteiger partial charge is 0.351 e. The topological polar surface area (TPSA) is 183 Å². The molecule has 3 aliphatic rings. The molecule has 4 heterocycles. The number of carbonyl (C=O) groups is 2. The highest BCUT2D eigenvalue weighted by Crippen LogP contribution is 2.58. The number of sulfone groups is 1. The van der Waals surface area contributed by atoms with Crippen molar-refractivity contribution in [3.05, 3.63) is 149 Å². The Morgan fingerprint density at radius 2 is 1.44 bits per heavy atom. The van der Waals surface area contributed by atoms with E-state index >= 15 is 0 Å². The minimum absolute atomic E-state index is 0.0227. The first-order valence-electron chi connectivity index (χ1n) is 20.8. The Kier molecular flexibility index (Phi) is 13.6.